The molecule has 3 atom stereocenters. The molecule has 0 bridgehead atoms. The van der Waals surface area contributed by atoms with Gasteiger partial charge in [-0.3, -0.25) is 9.59 Å². The van der Waals surface area contributed by atoms with E-state index in [1.54, 1.807) is 24.3 Å². The van der Waals surface area contributed by atoms with E-state index in [-0.39, 0.29) is 43.2 Å². The largest absolute Gasteiger partial charge is 0.493 e. The maximum Gasteiger partial charge on any atom is 0.338 e. The number of para-hydroxylation sites is 1. The summed E-state index contributed by atoms with van der Waals surface area (Å²) in [6.07, 6.45) is 3.80. The summed E-state index contributed by atoms with van der Waals surface area (Å²) in [5.74, 6) is 0.227. The molecule has 0 spiro atoms. The molecule has 4 rings (SSSR count). The van der Waals surface area contributed by atoms with E-state index in [4.69, 9.17) is 14.2 Å². The lowest BCUT2D eigenvalue weighted by atomic mass is 9.97. The number of esters is 1. The first-order valence-electron chi connectivity index (χ1n) is 12.1. The highest BCUT2D eigenvalue weighted by molar-refractivity contribution is 5.91. The molecule has 2 aliphatic rings. The molecule has 1 fully saturated rings. The third kappa shape index (κ3) is 6.12. The summed E-state index contributed by atoms with van der Waals surface area (Å²) in [6.45, 7) is 4.22. The molecule has 2 heterocycles. The minimum absolute atomic E-state index is 0.0358. The minimum Gasteiger partial charge on any atom is -0.493 e. The van der Waals surface area contributed by atoms with E-state index in [2.05, 4.69) is 19.2 Å². The van der Waals surface area contributed by atoms with E-state index < -0.39 is 5.97 Å². The van der Waals surface area contributed by atoms with Crippen molar-refractivity contribution in [1.29, 1.82) is 0 Å². The zero-order chi connectivity index (χ0) is 24.8. The highest BCUT2D eigenvalue weighted by Crippen LogP contribution is 2.31. The second kappa shape index (κ2) is 11.3. The van der Waals surface area contributed by atoms with Crippen molar-refractivity contribution in [1.82, 2.24) is 10.2 Å². The zero-order valence-corrected chi connectivity index (χ0v) is 20.2. The lowest BCUT2D eigenvalue weighted by Gasteiger charge is -2.38. The monoisotopic (exact) mass is 480 g/mol. The molecule has 2 amide bonds. The Morgan fingerprint density at radius 1 is 0.971 bits per heavy atom. The summed E-state index contributed by atoms with van der Waals surface area (Å²) in [5, 5.41) is 2.90. The van der Waals surface area contributed by atoms with E-state index >= 15 is 0 Å². The smallest absolute Gasteiger partial charge is 0.338 e. The molecule has 2 aliphatic heterocycles. The van der Waals surface area contributed by atoms with Crippen LogP contribution in [-0.2, 0) is 14.3 Å². The minimum atomic E-state index is -0.605. The third-order valence-electron chi connectivity index (χ3n) is 6.56. The van der Waals surface area contributed by atoms with Crippen LogP contribution in [0.25, 0.3) is 0 Å². The lowest BCUT2D eigenvalue weighted by molar-refractivity contribution is -0.139. The number of hydrogen-bond acceptors (Lipinski definition) is 6. The first kappa shape index (κ1) is 24.6. The number of likely N-dealkylation sites (tertiary alicyclic amines) is 1. The fraction of sp³-hybridized carbons (Fsp3) is 0.444. The van der Waals surface area contributed by atoms with Crippen LogP contribution in [0.15, 0.2) is 48.5 Å². The van der Waals surface area contributed by atoms with Crippen molar-refractivity contribution >= 4 is 17.8 Å². The molecule has 1 N–H and O–H groups in total. The van der Waals surface area contributed by atoms with Gasteiger partial charge in [-0.05, 0) is 63.4 Å². The topological polar surface area (TPSA) is 94.2 Å². The second-order valence-electron chi connectivity index (χ2n) is 9.11. The number of fused-ring (bicyclic) bond motifs is 1. The van der Waals surface area contributed by atoms with Crippen molar-refractivity contribution in [2.24, 2.45) is 0 Å². The van der Waals surface area contributed by atoms with Crippen LogP contribution in [0.1, 0.15) is 61.5 Å². The molecule has 2 aromatic carbocycles. The van der Waals surface area contributed by atoms with E-state index in [9.17, 15) is 14.4 Å². The molecule has 8 heteroatoms. The van der Waals surface area contributed by atoms with Gasteiger partial charge in [-0.25, -0.2) is 4.79 Å². The van der Waals surface area contributed by atoms with E-state index in [0.29, 0.717) is 24.3 Å². The second-order valence-corrected chi connectivity index (χ2v) is 9.11. The van der Waals surface area contributed by atoms with E-state index in [1.165, 1.54) is 0 Å². The average molecular weight is 481 g/mol. The summed E-state index contributed by atoms with van der Waals surface area (Å²) in [7, 11) is 0. The van der Waals surface area contributed by atoms with Gasteiger partial charge < -0.3 is 24.4 Å². The molecule has 0 aromatic heterocycles. The van der Waals surface area contributed by atoms with Crippen LogP contribution in [0.4, 0.5) is 0 Å². The highest BCUT2D eigenvalue weighted by Gasteiger charge is 2.29. The Kier molecular flexibility index (Phi) is 7.90. The standard InChI is InChI=1S/C27H32N2O6/c1-18-6-5-7-19(2)29(18)26(31)17-34-21-12-10-20(11-13-21)27(32)35-16-25(30)28-23-14-15-33-24-9-4-3-8-22(23)24/h3-4,8-13,18-19,23H,5-7,14-17H2,1-2H3,(H,28,30). The van der Waals surface area contributed by atoms with Crippen molar-refractivity contribution in [2.75, 3.05) is 19.8 Å². The first-order chi connectivity index (χ1) is 16.9. The quantitative estimate of drug-likeness (QED) is 0.608. The van der Waals surface area contributed by atoms with Crippen LogP contribution in [-0.4, -0.2) is 54.6 Å². The maximum absolute atomic E-state index is 12.6. The zero-order valence-electron chi connectivity index (χ0n) is 20.2. The van der Waals surface area contributed by atoms with Gasteiger partial charge in [0.1, 0.15) is 11.5 Å². The molecule has 3 unspecified atom stereocenters. The summed E-state index contributed by atoms with van der Waals surface area (Å²) in [4.78, 5) is 39.2. The Morgan fingerprint density at radius 2 is 1.69 bits per heavy atom. The van der Waals surface area contributed by atoms with E-state index in [1.807, 2.05) is 29.2 Å². The van der Waals surface area contributed by atoms with Crippen LogP contribution in [0, 0.1) is 0 Å². The summed E-state index contributed by atoms with van der Waals surface area (Å²) in [5.41, 5.74) is 1.21. The van der Waals surface area contributed by atoms with Gasteiger partial charge in [-0.15, -0.1) is 0 Å². The Hall–Kier alpha value is -3.55. The maximum atomic E-state index is 12.6. The number of rotatable bonds is 7. The number of piperidine rings is 1. The Morgan fingerprint density at radius 3 is 2.43 bits per heavy atom. The van der Waals surface area contributed by atoms with Crippen molar-refractivity contribution in [3.05, 3.63) is 59.7 Å². The van der Waals surface area contributed by atoms with Crippen LogP contribution >= 0.6 is 0 Å². The molecule has 0 saturated carbocycles. The lowest BCUT2D eigenvalue weighted by Crippen LogP contribution is -2.49. The number of hydrogen-bond donors (Lipinski definition) is 1. The predicted octanol–water partition coefficient (Wildman–Crippen LogP) is 3.65. The number of amides is 2. The van der Waals surface area contributed by atoms with Gasteiger partial charge in [0.25, 0.3) is 11.8 Å². The number of carbonyl (C=O) groups excluding carboxylic acids is 3. The Balaban J connectivity index is 1.23. The molecule has 1 saturated heterocycles. The molecular weight excluding hydrogens is 448 g/mol. The SMILES string of the molecule is CC1CCCC(C)N1C(=O)COc1ccc(C(=O)OCC(=O)NC2CCOc3ccccc32)cc1. The molecule has 186 valence electrons. The third-order valence-corrected chi connectivity index (χ3v) is 6.56. The Labute approximate surface area is 205 Å². The van der Waals surface area contributed by atoms with Gasteiger partial charge >= 0.3 is 5.97 Å². The number of benzene rings is 2. The van der Waals surface area contributed by atoms with Crippen molar-refractivity contribution < 1.29 is 28.6 Å². The summed E-state index contributed by atoms with van der Waals surface area (Å²) >= 11 is 0. The normalized spacial score (nSPS) is 21.3. The molecule has 0 radical (unpaired) electrons. The molecule has 0 aliphatic carbocycles. The van der Waals surface area contributed by atoms with Crippen LogP contribution in [0.3, 0.4) is 0 Å². The molecular formula is C27H32N2O6. The fourth-order valence-corrected chi connectivity index (χ4v) is 4.76. The summed E-state index contributed by atoms with van der Waals surface area (Å²) < 4.78 is 16.4. The van der Waals surface area contributed by atoms with Gasteiger partial charge in [0, 0.05) is 24.1 Å². The predicted molar refractivity (Wildman–Crippen MR) is 129 cm³/mol. The fourth-order valence-electron chi connectivity index (χ4n) is 4.76. The van der Waals surface area contributed by atoms with Crippen molar-refractivity contribution in [3.8, 4) is 11.5 Å². The number of nitrogens with zero attached hydrogens (tertiary/aromatic N) is 1. The van der Waals surface area contributed by atoms with E-state index in [0.717, 1.165) is 30.6 Å². The van der Waals surface area contributed by atoms with Crippen LogP contribution in [0.2, 0.25) is 0 Å². The number of carbonyl (C=O) groups is 3. The molecule has 35 heavy (non-hydrogen) atoms. The highest BCUT2D eigenvalue weighted by atomic mass is 16.5. The van der Waals surface area contributed by atoms with Gasteiger partial charge in [0.2, 0.25) is 0 Å². The number of ether oxygens (including phenoxy) is 3. The van der Waals surface area contributed by atoms with Gasteiger partial charge in [0.05, 0.1) is 18.2 Å². The van der Waals surface area contributed by atoms with Gasteiger partial charge in [0.15, 0.2) is 13.2 Å². The van der Waals surface area contributed by atoms with Crippen LogP contribution in [0.5, 0.6) is 11.5 Å². The van der Waals surface area contributed by atoms with Crippen LogP contribution < -0.4 is 14.8 Å². The average Bonchev–Trinajstić information content (AvgIpc) is 2.86. The molecule has 2 aromatic rings. The number of nitrogens with one attached hydrogen (secondary N) is 1. The van der Waals surface area contributed by atoms with Crippen molar-refractivity contribution in [3.63, 3.8) is 0 Å². The molecule has 8 nitrogen and oxygen atoms in total. The first-order valence-corrected chi connectivity index (χ1v) is 12.1. The Bertz CT molecular complexity index is 1040. The van der Waals surface area contributed by atoms with Crippen molar-refractivity contribution in [2.45, 2.75) is 57.7 Å². The van der Waals surface area contributed by atoms with Gasteiger partial charge in [-0.2, -0.15) is 0 Å². The van der Waals surface area contributed by atoms with Gasteiger partial charge in [-0.1, -0.05) is 18.2 Å². The summed E-state index contributed by atoms with van der Waals surface area (Å²) in [6, 6.07) is 14.2.